The molecule has 1 atom stereocenters. The van der Waals surface area contributed by atoms with Crippen LogP contribution in [0.1, 0.15) is 53.7 Å². The van der Waals surface area contributed by atoms with Gasteiger partial charge < -0.3 is 21.1 Å². The number of carbonyl (C=O) groups is 3. The van der Waals surface area contributed by atoms with Crippen molar-refractivity contribution in [2.45, 2.75) is 51.0 Å². The Morgan fingerprint density at radius 1 is 1.00 bits per heavy atom. The van der Waals surface area contributed by atoms with E-state index in [2.05, 4.69) is 26.2 Å². The number of Topliss-reactive ketones (excluding diaryl/α,β-unsaturated/α-hetero) is 1. The molecule has 0 unspecified atom stereocenters. The minimum atomic E-state index is -1.13. The van der Waals surface area contributed by atoms with Crippen molar-refractivity contribution in [2.24, 2.45) is 5.73 Å². The van der Waals surface area contributed by atoms with Crippen molar-refractivity contribution in [2.75, 3.05) is 0 Å². The summed E-state index contributed by atoms with van der Waals surface area (Å²) in [5.74, 6) is -1.33. The number of carbonyl (C=O) groups excluding carboxylic acids is 2. The molecule has 0 spiro atoms. The fraction of sp³-hybridized carbons (Fsp3) is 0.308. The summed E-state index contributed by atoms with van der Waals surface area (Å²) in [5, 5.41) is 20.3. The lowest BCUT2D eigenvalue weighted by atomic mass is 10.00. The van der Waals surface area contributed by atoms with Gasteiger partial charge in [-0.3, -0.25) is 15.0 Å². The van der Waals surface area contributed by atoms with Crippen molar-refractivity contribution < 1.29 is 19.5 Å². The lowest BCUT2D eigenvalue weighted by Gasteiger charge is -2.15. The van der Waals surface area contributed by atoms with Crippen molar-refractivity contribution >= 4 is 50.3 Å². The maximum atomic E-state index is 12.8. The highest BCUT2D eigenvalue weighted by atomic mass is 79.9. The highest BCUT2D eigenvalue weighted by Gasteiger charge is 2.24. The van der Waals surface area contributed by atoms with Crippen LogP contribution in [-0.2, 0) is 22.4 Å². The van der Waals surface area contributed by atoms with E-state index in [1.807, 2.05) is 36.4 Å². The predicted octanol–water partition coefficient (Wildman–Crippen LogP) is 4.35. The van der Waals surface area contributed by atoms with Gasteiger partial charge in [0.15, 0.2) is 0 Å². The lowest BCUT2D eigenvalue weighted by Crippen LogP contribution is -2.42. The Labute approximate surface area is 211 Å². The van der Waals surface area contributed by atoms with E-state index in [0.717, 1.165) is 41.3 Å². The molecule has 8 nitrogen and oxygen atoms in total. The van der Waals surface area contributed by atoms with Crippen molar-refractivity contribution in [1.29, 1.82) is 5.41 Å². The summed E-state index contributed by atoms with van der Waals surface area (Å²) in [7, 11) is 0. The molecule has 1 heterocycles. The molecular formula is C26H29BrN4O4. The summed E-state index contributed by atoms with van der Waals surface area (Å²) in [4.78, 5) is 39.8. The third-order valence-electron chi connectivity index (χ3n) is 5.74. The summed E-state index contributed by atoms with van der Waals surface area (Å²) in [6.45, 7) is 0. The van der Waals surface area contributed by atoms with E-state index in [1.54, 1.807) is 12.1 Å². The molecule has 1 aromatic heterocycles. The Bertz CT molecular complexity index is 1220. The summed E-state index contributed by atoms with van der Waals surface area (Å²) in [5.41, 5.74) is 7.98. The number of fused-ring (bicyclic) bond motifs is 1. The number of aromatic nitrogens is 1. The minimum absolute atomic E-state index is 0.114. The Balaban J connectivity index is 1.55. The number of carboxylic acids is 1. The summed E-state index contributed by atoms with van der Waals surface area (Å²) in [6.07, 6.45) is 3.93. The van der Waals surface area contributed by atoms with Gasteiger partial charge in [0, 0.05) is 36.6 Å². The smallest absolute Gasteiger partial charge is 0.326 e. The molecular weight excluding hydrogens is 512 g/mol. The molecule has 9 heteroatoms. The van der Waals surface area contributed by atoms with Gasteiger partial charge >= 0.3 is 5.97 Å². The van der Waals surface area contributed by atoms with Crippen molar-refractivity contribution in [1.82, 2.24) is 10.3 Å². The SMILES string of the molecule is N=C(N)CCCCCC(=O)Cc1ccc(C[C@H](NC(=O)c2[nH]c3ccccc3c2Br)C(=O)O)cc1. The Morgan fingerprint density at radius 2 is 1.66 bits per heavy atom. The maximum absolute atomic E-state index is 12.8. The molecule has 0 aliphatic rings. The normalized spacial score (nSPS) is 11.8. The first kappa shape index (κ1) is 26.2. The fourth-order valence-corrected chi connectivity index (χ4v) is 4.48. The number of benzene rings is 2. The number of para-hydroxylation sites is 1. The Morgan fingerprint density at radius 3 is 2.31 bits per heavy atom. The minimum Gasteiger partial charge on any atom is -0.480 e. The van der Waals surface area contributed by atoms with Crippen molar-refractivity contribution in [3.8, 4) is 0 Å². The molecule has 1 amide bonds. The number of amides is 1. The zero-order valence-electron chi connectivity index (χ0n) is 19.3. The number of amidine groups is 1. The van der Waals surface area contributed by atoms with Gasteiger partial charge in [-0.05, 0) is 46.0 Å². The molecule has 6 N–H and O–H groups in total. The molecule has 35 heavy (non-hydrogen) atoms. The molecule has 3 rings (SSSR count). The summed E-state index contributed by atoms with van der Waals surface area (Å²) >= 11 is 3.42. The molecule has 0 radical (unpaired) electrons. The van der Waals surface area contributed by atoms with Gasteiger partial charge in [0.25, 0.3) is 5.91 Å². The number of aliphatic carboxylic acids is 1. The third kappa shape index (κ3) is 7.51. The molecule has 0 saturated carbocycles. The van der Waals surface area contributed by atoms with E-state index in [-0.39, 0.29) is 23.7 Å². The number of hydrogen-bond acceptors (Lipinski definition) is 4. The van der Waals surface area contributed by atoms with Gasteiger partial charge in [-0.1, -0.05) is 48.9 Å². The van der Waals surface area contributed by atoms with Crippen LogP contribution in [0.3, 0.4) is 0 Å². The standard InChI is InChI=1S/C26H29BrN4O4/c27-23-19-7-4-5-8-20(19)30-24(23)25(33)31-21(26(34)35)15-17-12-10-16(11-13-17)14-18(32)6-2-1-3-9-22(28)29/h4-5,7-8,10-13,21,30H,1-3,6,9,14-15H2,(H3,28,29)(H,31,33)(H,34,35)/t21-/m0/s1. The molecule has 0 aliphatic heterocycles. The maximum Gasteiger partial charge on any atom is 0.326 e. The van der Waals surface area contributed by atoms with Crippen LogP contribution in [0.15, 0.2) is 53.0 Å². The second-order valence-electron chi connectivity index (χ2n) is 8.55. The number of aromatic amines is 1. The zero-order chi connectivity index (χ0) is 25.4. The summed E-state index contributed by atoms with van der Waals surface area (Å²) < 4.78 is 0.586. The Kier molecular flexibility index (Phi) is 9.19. The molecule has 0 fully saturated rings. The third-order valence-corrected chi connectivity index (χ3v) is 6.56. The van der Waals surface area contributed by atoms with Gasteiger partial charge in [0.2, 0.25) is 0 Å². The van der Waals surface area contributed by atoms with E-state index in [1.165, 1.54) is 0 Å². The van der Waals surface area contributed by atoms with E-state index in [4.69, 9.17) is 11.1 Å². The van der Waals surface area contributed by atoms with Crippen LogP contribution in [0.4, 0.5) is 0 Å². The number of hydrogen-bond donors (Lipinski definition) is 5. The molecule has 184 valence electrons. The second-order valence-corrected chi connectivity index (χ2v) is 9.34. The van der Waals surface area contributed by atoms with Crippen LogP contribution in [-0.4, -0.2) is 39.6 Å². The van der Waals surface area contributed by atoms with Crippen molar-refractivity contribution in [3.63, 3.8) is 0 Å². The molecule has 2 aromatic carbocycles. The summed E-state index contributed by atoms with van der Waals surface area (Å²) in [6, 6.07) is 13.5. The van der Waals surface area contributed by atoms with Gasteiger partial charge in [-0.2, -0.15) is 0 Å². The van der Waals surface area contributed by atoms with E-state index in [9.17, 15) is 19.5 Å². The topological polar surface area (TPSA) is 149 Å². The fourth-order valence-electron chi connectivity index (χ4n) is 3.85. The second kappa shape index (κ2) is 12.3. The number of halogens is 1. The highest BCUT2D eigenvalue weighted by molar-refractivity contribution is 9.10. The molecule has 3 aromatic rings. The highest BCUT2D eigenvalue weighted by Crippen LogP contribution is 2.27. The van der Waals surface area contributed by atoms with Crippen LogP contribution in [0, 0.1) is 5.41 Å². The molecule has 0 saturated heterocycles. The van der Waals surface area contributed by atoms with Crippen LogP contribution in [0.5, 0.6) is 0 Å². The monoisotopic (exact) mass is 540 g/mol. The average molecular weight is 541 g/mol. The number of rotatable bonds is 13. The van der Waals surface area contributed by atoms with Gasteiger partial charge in [-0.25, -0.2) is 4.79 Å². The number of nitrogens with two attached hydrogens (primary N) is 1. The first-order valence-corrected chi connectivity index (χ1v) is 12.3. The Hall–Kier alpha value is -3.46. The number of H-pyrrole nitrogens is 1. The lowest BCUT2D eigenvalue weighted by molar-refractivity contribution is -0.139. The number of ketones is 1. The van der Waals surface area contributed by atoms with E-state index >= 15 is 0 Å². The quantitative estimate of drug-likeness (QED) is 0.124. The number of unbranched alkanes of at least 4 members (excludes halogenated alkanes) is 2. The largest absolute Gasteiger partial charge is 0.480 e. The van der Waals surface area contributed by atoms with E-state index < -0.39 is 17.9 Å². The van der Waals surface area contributed by atoms with Gasteiger partial charge in [-0.15, -0.1) is 0 Å². The van der Waals surface area contributed by atoms with Crippen molar-refractivity contribution in [3.05, 3.63) is 69.8 Å². The first-order chi connectivity index (χ1) is 16.7. The van der Waals surface area contributed by atoms with Crippen LogP contribution < -0.4 is 11.1 Å². The number of nitrogens with one attached hydrogen (secondary N) is 3. The predicted molar refractivity (Wildman–Crippen MR) is 139 cm³/mol. The van der Waals surface area contributed by atoms with E-state index in [0.29, 0.717) is 23.7 Å². The van der Waals surface area contributed by atoms with Crippen LogP contribution in [0.2, 0.25) is 0 Å². The first-order valence-electron chi connectivity index (χ1n) is 11.5. The molecule has 0 bridgehead atoms. The van der Waals surface area contributed by atoms with Crippen LogP contribution in [0.25, 0.3) is 10.9 Å². The average Bonchev–Trinajstić information content (AvgIpc) is 3.16. The zero-order valence-corrected chi connectivity index (χ0v) is 20.9. The van der Waals surface area contributed by atoms with Crippen LogP contribution >= 0.6 is 15.9 Å². The number of carboxylic acid groups (broad SMARTS) is 1. The van der Waals surface area contributed by atoms with Gasteiger partial charge in [0.05, 0.1) is 10.3 Å². The molecule has 0 aliphatic carbocycles. The van der Waals surface area contributed by atoms with Gasteiger partial charge in [0.1, 0.15) is 17.5 Å².